The third-order valence-electron chi connectivity index (χ3n) is 3.75. The highest BCUT2D eigenvalue weighted by molar-refractivity contribution is 7.10. The highest BCUT2D eigenvalue weighted by atomic mass is 32.1. The summed E-state index contributed by atoms with van der Waals surface area (Å²) in [6, 6.07) is 19.2. The van der Waals surface area contributed by atoms with Crippen LogP contribution in [0.1, 0.15) is 20.8 Å². The van der Waals surface area contributed by atoms with Gasteiger partial charge in [-0.3, -0.25) is 9.59 Å². The van der Waals surface area contributed by atoms with Gasteiger partial charge >= 0.3 is 5.97 Å². The number of benzene rings is 2. The molecule has 1 amide bonds. The molecule has 6 heteroatoms. The quantitative estimate of drug-likeness (QED) is 0.373. The van der Waals surface area contributed by atoms with E-state index in [2.05, 4.69) is 5.32 Å². The van der Waals surface area contributed by atoms with E-state index in [0.29, 0.717) is 16.8 Å². The molecule has 0 radical (unpaired) electrons. The molecule has 0 aliphatic heterocycles. The zero-order valence-corrected chi connectivity index (χ0v) is 15.6. The first-order valence-corrected chi connectivity index (χ1v) is 9.38. The van der Waals surface area contributed by atoms with Crippen molar-refractivity contribution in [3.8, 4) is 0 Å². The molecule has 0 aliphatic rings. The molecule has 0 bridgehead atoms. The van der Waals surface area contributed by atoms with Crippen LogP contribution in [-0.4, -0.2) is 24.3 Å². The van der Waals surface area contributed by atoms with Gasteiger partial charge in [0.05, 0.1) is 5.69 Å². The van der Waals surface area contributed by atoms with Gasteiger partial charge < -0.3 is 10.1 Å². The number of nitrogens with one attached hydrogen (secondary N) is 1. The SMILES string of the molecule is O=C(COC(=O)C=Cc1cccs1)Nc1ccccc1C(=O)c1ccccc1. The first kappa shape index (κ1) is 19.3. The third kappa shape index (κ3) is 5.25. The molecule has 1 N–H and O–H groups in total. The number of amides is 1. The number of anilines is 1. The zero-order valence-electron chi connectivity index (χ0n) is 14.8. The Balaban J connectivity index is 1.60. The maximum Gasteiger partial charge on any atom is 0.331 e. The average Bonchev–Trinajstić information content (AvgIpc) is 3.25. The molecule has 0 atom stereocenters. The smallest absolute Gasteiger partial charge is 0.331 e. The van der Waals surface area contributed by atoms with Crippen molar-refractivity contribution >= 4 is 40.8 Å². The first-order valence-electron chi connectivity index (χ1n) is 8.50. The van der Waals surface area contributed by atoms with Gasteiger partial charge in [0.25, 0.3) is 5.91 Å². The van der Waals surface area contributed by atoms with E-state index in [9.17, 15) is 14.4 Å². The Bertz CT molecular complexity index is 994. The van der Waals surface area contributed by atoms with Gasteiger partial charge in [0.15, 0.2) is 12.4 Å². The number of thiophene rings is 1. The van der Waals surface area contributed by atoms with E-state index in [-0.39, 0.29) is 5.78 Å². The fourth-order valence-corrected chi connectivity index (χ4v) is 3.06. The van der Waals surface area contributed by atoms with Crippen LogP contribution in [0.5, 0.6) is 0 Å². The summed E-state index contributed by atoms with van der Waals surface area (Å²) in [7, 11) is 0. The minimum absolute atomic E-state index is 0.202. The van der Waals surface area contributed by atoms with Crippen molar-refractivity contribution in [3.05, 3.63) is 94.2 Å². The zero-order chi connectivity index (χ0) is 19.8. The number of carbonyl (C=O) groups excluding carboxylic acids is 3. The van der Waals surface area contributed by atoms with Crippen LogP contribution in [0.4, 0.5) is 5.69 Å². The fraction of sp³-hybridized carbons (Fsp3) is 0.0455. The molecule has 0 fully saturated rings. The van der Waals surface area contributed by atoms with E-state index in [4.69, 9.17) is 4.74 Å². The molecule has 0 unspecified atom stereocenters. The summed E-state index contributed by atoms with van der Waals surface area (Å²) in [5.41, 5.74) is 1.26. The van der Waals surface area contributed by atoms with Crippen molar-refractivity contribution in [2.75, 3.05) is 11.9 Å². The molecule has 5 nitrogen and oxygen atoms in total. The number of ether oxygens (including phenoxy) is 1. The number of esters is 1. The normalized spacial score (nSPS) is 10.6. The Hall–Kier alpha value is -3.51. The maximum atomic E-state index is 12.7. The van der Waals surface area contributed by atoms with Gasteiger partial charge in [-0.05, 0) is 29.7 Å². The van der Waals surface area contributed by atoms with Crippen molar-refractivity contribution in [2.24, 2.45) is 0 Å². The minimum Gasteiger partial charge on any atom is -0.452 e. The van der Waals surface area contributed by atoms with Crippen LogP contribution < -0.4 is 5.32 Å². The van der Waals surface area contributed by atoms with Crippen molar-refractivity contribution in [1.82, 2.24) is 0 Å². The summed E-state index contributed by atoms with van der Waals surface area (Å²) >= 11 is 1.49. The number of rotatable bonds is 7. The van der Waals surface area contributed by atoms with Gasteiger partial charge in [-0.15, -0.1) is 11.3 Å². The van der Waals surface area contributed by atoms with Crippen LogP contribution in [0.3, 0.4) is 0 Å². The van der Waals surface area contributed by atoms with Crippen LogP contribution >= 0.6 is 11.3 Å². The van der Waals surface area contributed by atoms with Crippen LogP contribution in [0.15, 0.2) is 78.2 Å². The standard InChI is InChI=1S/C22H17NO4S/c24-20(15-27-21(25)13-12-17-9-6-14-28-17)23-19-11-5-4-10-18(19)22(26)16-7-2-1-3-8-16/h1-14H,15H2,(H,23,24). The number of ketones is 1. The molecule has 3 aromatic rings. The maximum absolute atomic E-state index is 12.7. The van der Waals surface area contributed by atoms with E-state index >= 15 is 0 Å². The van der Waals surface area contributed by atoms with Crippen LogP contribution in [0, 0.1) is 0 Å². The van der Waals surface area contributed by atoms with Crippen molar-refractivity contribution in [1.29, 1.82) is 0 Å². The topological polar surface area (TPSA) is 72.5 Å². The number of carbonyl (C=O) groups is 3. The highest BCUT2D eigenvalue weighted by Gasteiger charge is 2.15. The summed E-state index contributed by atoms with van der Waals surface area (Å²) < 4.78 is 4.94. The predicted octanol–water partition coefficient (Wildman–Crippen LogP) is 4.17. The second-order valence-electron chi connectivity index (χ2n) is 5.75. The van der Waals surface area contributed by atoms with Crippen molar-refractivity contribution in [2.45, 2.75) is 0 Å². The van der Waals surface area contributed by atoms with Gasteiger partial charge in [0.2, 0.25) is 0 Å². The Morgan fingerprint density at radius 3 is 2.43 bits per heavy atom. The van der Waals surface area contributed by atoms with Gasteiger partial charge in [-0.2, -0.15) is 0 Å². The molecule has 0 saturated heterocycles. The molecule has 140 valence electrons. The average molecular weight is 391 g/mol. The van der Waals surface area contributed by atoms with E-state index in [1.807, 2.05) is 23.6 Å². The second-order valence-corrected chi connectivity index (χ2v) is 6.72. The lowest BCUT2D eigenvalue weighted by Gasteiger charge is -2.10. The lowest BCUT2D eigenvalue weighted by molar-refractivity contribution is -0.142. The van der Waals surface area contributed by atoms with Crippen LogP contribution in [-0.2, 0) is 14.3 Å². The van der Waals surface area contributed by atoms with Crippen LogP contribution in [0.25, 0.3) is 6.08 Å². The molecule has 3 rings (SSSR count). The van der Waals surface area contributed by atoms with Gasteiger partial charge in [-0.25, -0.2) is 4.79 Å². The Morgan fingerprint density at radius 2 is 1.68 bits per heavy atom. The first-order chi connectivity index (χ1) is 13.6. The number of para-hydroxylation sites is 1. The second kappa shape index (κ2) is 9.43. The molecule has 1 heterocycles. The van der Waals surface area contributed by atoms with Crippen molar-refractivity contribution in [3.63, 3.8) is 0 Å². The molecule has 2 aromatic carbocycles. The molecule has 0 aliphatic carbocycles. The summed E-state index contributed by atoms with van der Waals surface area (Å²) in [5.74, 6) is -1.34. The van der Waals surface area contributed by atoms with E-state index < -0.39 is 18.5 Å². The minimum atomic E-state index is -0.614. The van der Waals surface area contributed by atoms with Gasteiger partial charge in [-0.1, -0.05) is 48.5 Å². The number of hydrogen-bond donors (Lipinski definition) is 1. The Morgan fingerprint density at radius 1 is 0.929 bits per heavy atom. The van der Waals surface area contributed by atoms with Crippen LogP contribution in [0.2, 0.25) is 0 Å². The lowest BCUT2D eigenvalue weighted by atomic mass is 10.0. The highest BCUT2D eigenvalue weighted by Crippen LogP contribution is 2.19. The molecule has 1 aromatic heterocycles. The summed E-state index contributed by atoms with van der Waals surface area (Å²) in [6.07, 6.45) is 2.89. The molecule has 0 spiro atoms. The molecular weight excluding hydrogens is 374 g/mol. The Kier molecular flexibility index (Phi) is 6.49. The van der Waals surface area contributed by atoms with E-state index in [0.717, 1.165) is 4.88 Å². The molecule has 0 saturated carbocycles. The fourth-order valence-electron chi connectivity index (χ4n) is 2.44. The van der Waals surface area contributed by atoms with E-state index in [1.54, 1.807) is 54.6 Å². The Labute approximate surface area is 166 Å². The largest absolute Gasteiger partial charge is 0.452 e. The third-order valence-corrected chi connectivity index (χ3v) is 4.59. The van der Waals surface area contributed by atoms with Gasteiger partial charge in [0, 0.05) is 22.1 Å². The number of hydrogen-bond acceptors (Lipinski definition) is 5. The lowest BCUT2D eigenvalue weighted by Crippen LogP contribution is -2.21. The summed E-state index contributed by atoms with van der Waals surface area (Å²) in [5, 5.41) is 4.52. The van der Waals surface area contributed by atoms with Gasteiger partial charge in [0.1, 0.15) is 0 Å². The van der Waals surface area contributed by atoms with E-state index in [1.165, 1.54) is 17.4 Å². The van der Waals surface area contributed by atoms with Crippen molar-refractivity contribution < 1.29 is 19.1 Å². The monoisotopic (exact) mass is 391 g/mol. The molecular formula is C22H17NO4S. The summed E-state index contributed by atoms with van der Waals surface area (Å²) in [4.78, 5) is 37.4. The summed E-state index contributed by atoms with van der Waals surface area (Å²) in [6.45, 7) is -0.443. The molecule has 28 heavy (non-hydrogen) atoms. The predicted molar refractivity (Wildman–Crippen MR) is 109 cm³/mol.